The number of aromatic nitrogens is 2. The van der Waals surface area contributed by atoms with Gasteiger partial charge in [0.05, 0.1) is 5.39 Å². The van der Waals surface area contributed by atoms with Crippen molar-refractivity contribution in [3.05, 3.63) is 58.5 Å². The van der Waals surface area contributed by atoms with Crippen LogP contribution in [0.2, 0.25) is 0 Å². The zero-order valence-electron chi connectivity index (χ0n) is 16.0. The minimum Gasteiger partial charge on any atom is -0.486 e. The van der Waals surface area contributed by atoms with Gasteiger partial charge < -0.3 is 19.9 Å². The molecule has 0 saturated heterocycles. The molecular weight excluding hydrogens is 408 g/mol. The summed E-state index contributed by atoms with van der Waals surface area (Å²) in [6.07, 6.45) is 0. The smallest absolute Gasteiger partial charge is 0.357 e. The van der Waals surface area contributed by atoms with Crippen molar-refractivity contribution in [3.8, 4) is 11.5 Å². The Labute approximate surface area is 174 Å². The number of ether oxygens (including phenoxy) is 2. The molecule has 1 aliphatic heterocycles. The lowest BCUT2D eigenvalue weighted by Crippen LogP contribution is -2.39. The molecule has 0 bridgehead atoms. The molecule has 0 spiro atoms. The van der Waals surface area contributed by atoms with Gasteiger partial charge in [0.1, 0.15) is 19.8 Å². The summed E-state index contributed by atoms with van der Waals surface area (Å²) < 4.78 is 11.5. The Bertz CT molecular complexity index is 1270. The van der Waals surface area contributed by atoms with E-state index in [0.29, 0.717) is 35.1 Å². The van der Waals surface area contributed by atoms with E-state index in [1.807, 2.05) is 0 Å². The van der Waals surface area contributed by atoms with Gasteiger partial charge in [-0.3, -0.25) is 14.9 Å². The normalized spacial score (nSPS) is 12.3. The third kappa shape index (κ3) is 4.15. The lowest BCUT2D eigenvalue weighted by Gasteiger charge is -2.19. The number of aromatic carboxylic acids is 1. The molecule has 11 heteroatoms. The summed E-state index contributed by atoms with van der Waals surface area (Å²) in [7, 11) is 0. The molecule has 2 heterocycles. The van der Waals surface area contributed by atoms with Gasteiger partial charge in [0, 0.05) is 17.1 Å². The van der Waals surface area contributed by atoms with E-state index >= 15 is 0 Å². The van der Waals surface area contributed by atoms with Gasteiger partial charge in [-0.2, -0.15) is 5.10 Å². The summed E-state index contributed by atoms with van der Waals surface area (Å²) >= 11 is 0. The number of rotatable bonds is 4. The van der Waals surface area contributed by atoms with Crippen molar-refractivity contribution in [2.24, 2.45) is 0 Å². The van der Waals surface area contributed by atoms with Crippen molar-refractivity contribution in [2.75, 3.05) is 18.5 Å². The number of carbonyl (C=O) groups is 3. The zero-order chi connectivity index (χ0) is 22.0. The van der Waals surface area contributed by atoms with Gasteiger partial charge in [-0.15, -0.1) is 0 Å². The van der Waals surface area contributed by atoms with Crippen LogP contribution in [0.15, 0.2) is 47.3 Å². The van der Waals surface area contributed by atoms with Gasteiger partial charge in [0.15, 0.2) is 17.2 Å². The molecule has 3 amide bonds. The maximum atomic E-state index is 12.6. The Hall–Kier alpha value is -4.41. The fourth-order valence-corrected chi connectivity index (χ4v) is 3.09. The maximum Gasteiger partial charge on any atom is 0.357 e. The van der Waals surface area contributed by atoms with Crippen LogP contribution in [0.1, 0.15) is 10.5 Å². The molecule has 0 saturated carbocycles. The topological polar surface area (TPSA) is 149 Å². The summed E-state index contributed by atoms with van der Waals surface area (Å²) in [6.45, 7) is 0.173. The molecular formula is C20H16N4O7. The van der Waals surface area contributed by atoms with E-state index < -0.39 is 30.0 Å². The highest BCUT2D eigenvalue weighted by molar-refractivity contribution is 6.02. The average molecular weight is 424 g/mol. The Kier molecular flexibility index (Phi) is 5.22. The molecule has 0 fully saturated rings. The van der Waals surface area contributed by atoms with E-state index in [1.165, 1.54) is 12.1 Å². The van der Waals surface area contributed by atoms with Crippen molar-refractivity contribution in [1.82, 2.24) is 15.1 Å². The number of hydrogen-bond acceptors (Lipinski definition) is 7. The molecule has 1 aromatic heterocycles. The van der Waals surface area contributed by atoms with E-state index in [-0.39, 0.29) is 16.5 Å². The molecule has 0 radical (unpaired) electrons. The Morgan fingerprint density at radius 3 is 2.48 bits per heavy atom. The van der Waals surface area contributed by atoms with Gasteiger partial charge in [-0.1, -0.05) is 18.2 Å². The van der Waals surface area contributed by atoms with Gasteiger partial charge in [0.25, 0.3) is 5.56 Å². The van der Waals surface area contributed by atoms with E-state index in [4.69, 9.17) is 9.47 Å². The summed E-state index contributed by atoms with van der Waals surface area (Å²) in [6, 6.07) is 9.95. The standard InChI is InChI=1S/C20H16N4O7/c25-16(22-20(29)21-11-5-6-14-15(9-11)31-8-7-30-14)10-24-18(26)13-4-2-1-3-12(13)17(23-24)19(27)28/h1-6,9H,7-8,10H2,(H,27,28)(H2,21,22,25,29). The number of benzene rings is 2. The minimum absolute atomic E-state index is 0.100. The Morgan fingerprint density at radius 1 is 1.03 bits per heavy atom. The second-order valence-electron chi connectivity index (χ2n) is 6.52. The first kappa shape index (κ1) is 19.9. The number of nitrogens with zero attached hydrogens (tertiary/aromatic N) is 2. The van der Waals surface area contributed by atoms with Crippen LogP contribution in [0, 0.1) is 0 Å². The Balaban J connectivity index is 1.48. The SMILES string of the molecule is O=C(Cn1nc(C(=O)O)c2ccccc2c1=O)NC(=O)Nc1ccc2c(c1)OCCO2. The third-order valence-corrected chi connectivity index (χ3v) is 4.42. The highest BCUT2D eigenvalue weighted by Gasteiger charge is 2.18. The Morgan fingerprint density at radius 2 is 1.74 bits per heavy atom. The summed E-state index contributed by atoms with van der Waals surface area (Å²) in [5.74, 6) is -1.19. The van der Waals surface area contributed by atoms with Crippen molar-refractivity contribution >= 4 is 34.4 Å². The number of amides is 3. The lowest BCUT2D eigenvalue weighted by molar-refractivity contribution is -0.120. The number of imide groups is 1. The largest absolute Gasteiger partial charge is 0.486 e. The molecule has 158 valence electrons. The number of carboxylic acid groups (broad SMARTS) is 1. The first-order valence-corrected chi connectivity index (χ1v) is 9.16. The number of nitrogens with one attached hydrogen (secondary N) is 2. The fraction of sp³-hybridized carbons (Fsp3) is 0.150. The number of carboxylic acids is 1. The van der Waals surface area contributed by atoms with Gasteiger partial charge in [0.2, 0.25) is 5.91 Å². The molecule has 11 nitrogen and oxygen atoms in total. The highest BCUT2D eigenvalue weighted by Crippen LogP contribution is 2.32. The molecule has 3 N–H and O–H groups in total. The molecule has 4 rings (SSSR count). The van der Waals surface area contributed by atoms with Gasteiger partial charge in [-0.05, 0) is 18.2 Å². The van der Waals surface area contributed by atoms with Crippen LogP contribution in [-0.4, -0.2) is 46.0 Å². The molecule has 31 heavy (non-hydrogen) atoms. The number of urea groups is 1. The average Bonchev–Trinajstić information content (AvgIpc) is 2.75. The molecule has 1 aliphatic rings. The molecule has 0 aliphatic carbocycles. The van der Waals surface area contributed by atoms with E-state index in [9.17, 15) is 24.3 Å². The second-order valence-corrected chi connectivity index (χ2v) is 6.52. The van der Waals surface area contributed by atoms with Gasteiger partial charge in [-0.25, -0.2) is 14.3 Å². The second kappa shape index (κ2) is 8.14. The van der Waals surface area contributed by atoms with Crippen LogP contribution in [-0.2, 0) is 11.3 Å². The predicted molar refractivity (Wildman–Crippen MR) is 108 cm³/mol. The molecule has 2 aromatic carbocycles. The van der Waals surface area contributed by atoms with Crippen molar-refractivity contribution in [1.29, 1.82) is 0 Å². The van der Waals surface area contributed by atoms with E-state index in [2.05, 4.69) is 15.7 Å². The van der Waals surface area contributed by atoms with Crippen LogP contribution in [0.3, 0.4) is 0 Å². The first-order chi connectivity index (χ1) is 14.9. The van der Waals surface area contributed by atoms with Crippen molar-refractivity contribution in [3.63, 3.8) is 0 Å². The van der Waals surface area contributed by atoms with Crippen molar-refractivity contribution in [2.45, 2.75) is 6.54 Å². The van der Waals surface area contributed by atoms with Gasteiger partial charge >= 0.3 is 12.0 Å². The number of fused-ring (bicyclic) bond motifs is 2. The van der Waals surface area contributed by atoms with Crippen LogP contribution in [0.25, 0.3) is 10.8 Å². The monoisotopic (exact) mass is 424 g/mol. The molecule has 0 unspecified atom stereocenters. The minimum atomic E-state index is -1.35. The first-order valence-electron chi connectivity index (χ1n) is 9.16. The summed E-state index contributed by atoms with van der Waals surface area (Å²) in [5.41, 5.74) is -0.657. The van der Waals surface area contributed by atoms with Crippen LogP contribution >= 0.6 is 0 Å². The number of carbonyl (C=O) groups excluding carboxylic acids is 2. The zero-order valence-corrected chi connectivity index (χ0v) is 16.0. The summed E-state index contributed by atoms with van der Waals surface area (Å²) in [5, 5.41) is 17.9. The molecule has 3 aromatic rings. The predicted octanol–water partition coefficient (Wildman–Crippen LogP) is 1.21. The fourth-order valence-electron chi connectivity index (χ4n) is 3.09. The van der Waals surface area contributed by atoms with Crippen LogP contribution in [0.5, 0.6) is 11.5 Å². The third-order valence-electron chi connectivity index (χ3n) is 4.42. The highest BCUT2D eigenvalue weighted by atomic mass is 16.6. The van der Waals surface area contributed by atoms with E-state index in [0.717, 1.165) is 0 Å². The quantitative estimate of drug-likeness (QED) is 0.566. The van der Waals surface area contributed by atoms with Crippen molar-refractivity contribution < 1.29 is 29.0 Å². The van der Waals surface area contributed by atoms with Crippen LogP contribution in [0.4, 0.5) is 10.5 Å². The number of hydrogen-bond donors (Lipinski definition) is 3. The number of anilines is 1. The van der Waals surface area contributed by atoms with E-state index in [1.54, 1.807) is 30.3 Å². The maximum absolute atomic E-state index is 12.6. The molecule has 0 atom stereocenters. The van der Waals surface area contributed by atoms with Crippen LogP contribution < -0.4 is 25.7 Å². The summed E-state index contributed by atoms with van der Waals surface area (Å²) in [4.78, 5) is 48.4. The lowest BCUT2D eigenvalue weighted by atomic mass is 10.1.